The molecule has 0 saturated carbocycles. The highest BCUT2D eigenvalue weighted by molar-refractivity contribution is 14.0. The number of benzene rings is 1. The Morgan fingerprint density at radius 1 is 1.12 bits per heavy atom. The molecule has 0 atom stereocenters. The second-order valence-electron chi connectivity index (χ2n) is 5.41. The minimum absolute atomic E-state index is 0. The second-order valence-corrected chi connectivity index (χ2v) is 5.41. The highest BCUT2D eigenvalue weighted by Crippen LogP contribution is 2.24. The second kappa shape index (κ2) is 14.0. The fraction of sp³-hybridized carbons (Fsp3) is 0.611. The predicted molar refractivity (Wildman–Crippen MR) is 116 cm³/mol. The molecule has 1 aromatic carbocycles. The standard InChI is InChI=1S/C18H32N4O2.HI/c1-6-22(7-2)12-8-11-20-18(19-3)21-14-15-9-10-16(23-4)13-17(15)24-5;/h9-10,13H,6-8,11-12,14H2,1-5H3,(H2,19,20,21);1H. The SMILES string of the molecule is CCN(CC)CCCNC(=NC)NCc1ccc(OC)cc1OC.I. The first-order chi connectivity index (χ1) is 11.7. The smallest absolute Gasteiger partial charge is 0.191 e. The zero-order valence-corrected chi connectivity index (χ0v) is 18.4. The van der Waals surface area contributed by atoms with E-state index in [0.717, 1.165) is 55.6 Å². The minimum Gasteiger partial charge on any atom is -0.497 e. The van der Waals surface area contributed by atoms with Gasteiger partial charge in [0.2, 0.25) is 0 Å². The monoisotopic (exact) mass is 464 g/mol. The third kappa shape index (κ3) is 8.62. The highest BCUT2D eigenvalue weighted by atomic mass is 127. The zero-order valence-electron chi connectivity index (χ0n) is 16.1. The lowest BCUT2D eigenvalue weighted by Crippen LogP contribution is -2.38. The van der Waals surface area contributed by atoms with Gasteiger partial charge in [0.25, 0.3) is 0 Å². The Hall–Kier alpha value is -1.22. The topological polar surface area (TPSA) is 58.1 Å². The average Bonchev–Trinajstić information content (AvgIpc) is 2.64. The van der Waals surface area contributed by atoms with Crippen molar-refractivity contribution in [2.45, 2.75) is 26.8 Å². The van der Waals surface area contributed by atoms with Gasteiger partial charge in [0, 0.05) is 31.8 Å². The Balaban J connectivity index is 0.00000576. The molecular weight excluding hydrogens is 431 g/mol. The van der Waals surface area contributed by atoms with Crippen molar-refractivity contribution in [3.05, 3.63) is 23.8 Å². The van der Waals surface area contributed by atoms with Crippen molar-refractivity contribution in [2.75, 3.05) is 47.4 Å². The molecule has 2 N–H and O–H groups in total. The third-order valence-electron chi connectivity index (χ3n) is 4.00. The molecular formula is C18H33IN4O2. The molecule has 0 aromatic heterocycles. The summed E-state index contributed by atoms with van der Waals surface area (Å²) in [5, 5.41) is 6.67. The van der Waals surface area contributed by atoms with E-state index in [2.05, 4.69) is 34.4 Å². The first-order valence-electron chi connectivity index (χ1n) is 8.56. The number of aliphatic imine (C=N–C) groups is 1. The Bertz CT molecular complexity index is 508. The summed E-state index contributed by atoms with van der Waals surface area (Å²) >= 11 is 0. The number of hydrogen-bond donors (Lipinski definition) is 2. The van der Waals surface area contributed by atoms with Crippen molar-refractivity contribution in [1.82, 2.24) is 15.5 Å². The molecule has 0 spiro atoms. The quantitative estimate of drug-likeness (QED) is 0.242. The molecule has 0 radical (unpaired) electrons. The summed E-state index contributed by atoms with van der Waals surface area (Å²) in [7, 11) is 5.10. The Labute approximate surface area is 169 Å². The normalized spacial score (nSPS) is 11.0. The summed E-state index contributed by atoms with van der Waals surface area (Å²) < 4.78 is 10.6. The van der Waals surface area contributed by atoms with Gasteiger partial charge in [-0.15, -0.1) is 24.0 Å². The van der Waals surface area contributed by atoms with Gasteiger partial charge in [-0.2, -0.15) is 0 Å². The Morgan fingerprint density at radius 2 is 1.84 bits per heavy atom. The van der Waals surface area contributed by atoms with Crippen LogP contribution < -0.4 is 20.1 Å². The van der Waals surface area contributed by atoms with Gasteiger partial charge in [-0.3, -0.25) is 4.99 Å². The van der Waals surface area contributed by atoms with Crippen LogP contribution >= 0.6 is 24.0 Å². The van der Waals surface area contributed by atoms with Crippen LogP contribution in [-0.2, 0) is 6.54 Å². The average molecular weight is 464 g/mol. The third-order valence-corrected chi connectivity index (χ3v) is 4.00. The fourth-order valence-corrected chi connectivity index (χ4v) is 2.45. The van der Waals surface area contributed by atoms with Gasteiger partial charge in [-0.25, -0.2) is 0 Å². The summed E-state index contributed by atoms with van der Waals surface area (Å²) in [5.41, 5.74) is 1.06. The van der Waals surface area contributed by atoms with Crippen molar-refractivity contribution >= 4 is 29.9 Å². The van der Waals surface area contributed by atoms with Crippen LogP contribution in [0.15, 0.2) is 23.2 Å². The van der Waals surface area contributed by atoms with E-state index < -0.39 is 0 Å². The number of hydrogen-bond acceptors (Lipinski definition) is 4. The molecule has 0 bridgehead atoms. The molecule has 0 saturated heterocycles. The number of methoxy groups -OCH3 is 2. The summed E-state index contributed by atoms with van der Waals surface area (Å²) in [6, 6.07) is 5.81. The van der Waals surface area contributed by atoms with Crippen LogP contribution in [0.25, 0.3) is 0 Å². The maximum absolute atomic E-state index is 5.42. The van der Waals surface area contributed by atoms with Crippen LogP contribution in [0.1, 0.15) is 25.8 Å². The van der Waals surface area contributed by atoms with E-state index in [1.807, 2.05) is 18.2 Å². The molecule has 0 aliphatic carbocycles. The van der Waals surface area contributed by atoms with E-state index in [9.17, 15) is 0 Å². The maximum atomic E-state index is 5.42. The van der Waals surface area contributed by atoms with Crippen LogP contribution in [0.5, 0.6) is 11.5 Å². The van der Waals surface area contributed by atoms with Gasteiger partial charge in [-0.05, 0) is 38.2 Å². The van der Waals surface area contributed by atoms with Gasteiger partial charge < -0.3 is 25.0 Å². The number of rotatable bonds is 10. The lowest BCUT2D eigenvalue weighted by Gasteiger charge is -2.18. The van der Waals surface area contributed by atoms with Crippen molar-refractivity contribution in [3.8, 4) is 11.5 Å². The summed E-state index contributed by atoms with van der Waals surface area (Å²) in [6.07, 6.45) is 1.09. The summed E-state index contributed by atoms with van der Waals surface area (Å²) in [6.45, 7) is 9.23. The van der Waals surface area contributed by atoms with Crippen LogP contribution in [0.3, 0.4) is 0 Å². The van der Waals surface area contributed by atoms with E-state index in [1.165, 1.54) is 0 Å². The van der Waals surface area contributed by atoms with E-state index in [0.29, 0.717) is 6.54 Å². The molecule has 0 amide bonds. The first kappa shape index (κ1) is 23.8. The predicted octanol–water partition coefficient (Wildman–Crippen LogP) is 2.72. The lowest BCUT2D eigenvalue weighted by atomic mass is 10.2. The number of nitrogens with zero attached hydrogens (tertiary/aromatic N) is 2. The summed E-state index contributed by atoms with van der Waals surface area (Å²) in [4.78, 5) is 6.68. The Morgan fingerprint density at radius 3 is 2.40 bits per heavy atom. The van der Waals surface area contributed by atoms with Crippen molar-refractivity contribution < 1.29 is 9.47 Å². The number of halogens is 1. The molecule has 0 fully saturated rings. The van der Waals surface area contributed by atoms with Crippen molar-refractivity contribution in [3.63, 3.8) is 0 Å². The zero-order chi connectivity index (χ0) is 17.8. The largest absolute Gasteiger partial charge is 0.497 e. The van der Waals surface area contributed by atoms with Crippen molar-refractivity contribution in [2.24, 2.45) is 4.99 Å². The molecule has 0 unspecified atom stereocenters. The first-order valence-corrected chi connectivity index (χ1v) is 8.56. The van der Waals surface area contributed by atoms with Crippen LogP contribution in [0.4, 0.5) is 0 Å². The molecule has 6 nitrogen and oxygen atoms in total. The van der Waals surface area contributed by atoms with E-state index in [1.54, 1.807) is 21.3 Å². The minimum atomic E-state index is 0. The van der Waals surface area contributed by atoms with E-state index >= 15 is 0 Å². The van der Waals surface area contributed by atoms with Gasteiger partial charge in [-0.1, -0.05) is 13.8 Å². The van der Waals surface area contributed by atoms with Gasteiger partial charge in [0.05, 0.1) is 14.2 Å². The fourth-order valence-electron chi connectivity index (χ4n) is 2.45. The number of guanidine groups is 1. The molecule has 1 aromatic rings. The Kier molecular flexibility index (Phi) is 13.3. The molecule has 1 rings (SSSR count). The van der Waals surface area contributed by atoms with Gasteiger partial charge >= 0.3 is 0 Å². The van der Waals surface area contributed by atoms with Crippen LogP contribution in [0, 0.1) is 0 Å². The number of ether oxygens (including phenoxy) is 2. The molecule has 0 aliphatic heterocycles. The highest BCUT2D eigenvalue weighted by Gasteiger charge is 2.06. The van der Waals surface area contributed by atoms with E-state index in [-0.39, 0.29) is 24.0 Å². The molecule has 0 aliphatic rings. The van der Waals surface area contributed by atoms with E-state index in [4.69, 9.17) is 9.47 Å². The van der Waals surface area contributed by atoms with Crippen LogP contribution in [0.2, 0.25) is 0 Å². The number of nitrogens with one attached hydrogen (secondary N) is 2. The lowest BCUT2D eigenvalue weighted by molar-refractivity contribution is 0.300. The van der Waals surface area contributed by atoms with Gasteiger partial charge in [0.15, 0.2) is 5.96 Å². The molecule has 7 heteroatoms. The molecule has 0 heterocycles. The maximum Gasteiger partial charge on any atom is 0.191 e. The molecule has 25 heavy (non-hydrogen) atoms. The summed E-state index contributed by atoms with van der Waals surface area (Å²) in [5.74, 6) is 2.39. The van der Waals surface area contributed by atoms with Crippen molar-refractivity contribution in [1.29, 1.82) is 0 Å². The van der Waals surface area contributed by atoms with Gasteiger partial charge in [0.1, 0.15) is 11.5 Å². The molecule has 144 valence electrons. The van der Waals surface area contributed by atoms with Crippen LogP contribution in [-0.4, -0.2) is 58.3 Å².